The van der Waals surface area contributed by atoms with Crippen LogP contribution in [0.3, 0.4) is 0 Å². The van der Waals surface area contributed by atoms with E-state index in [1.54, 1.807) is 12.1 Å². The predicted octanol–water partition coefficient (Wildman–Crippen LogP) is 1.83. The van der Waals surface area contributed by atoms with E-state index in [2.05, 4.69) is 5.32 Å². The van der Waals surface area contributed by atoms with E-state index in [4.69, 9.17) is 0 Å². The Bertz CT molecular complexity index is 508. The Hall–Kier alpha value is -2.03. The molecule has 0 aliphatic heterocycles. The van der Waals surface area contributed by atoms with Crippen molar-refractivity contribution in [1.82, 2.24) is 5.32 Å². The summed E-state index contributed by atoms with van der Waals surface area (Å²) in [6.45, 7) is 0.609. The van der Waals surface area contributed by atoms with Crippen molar-refractivity contribution < 1.29 is 9.90 Å². The van der Waals surface area contributed by atoms with Crippen LogP contribution in [-0.4, -0.2) is 18.1 Å². The van der Waals surface area contributed by atoms with Gasteiger partial charge in [0.2, 0.25) is 6.41 Å². The fourth-order valence-electron chi connectivity index (χ4n) is 1.81. The minimum Gasteiger partial charge on any atom is -0.508 e. The minimum absolute atomic E-state index is 0.267. The molecule has 0 aromatic heterocycles. The largest absolute Gasteiger partial charge is 0.508 e. The average Bonchev–Trinajstić information content (AvgIpc) is 2.30. The molecule has 0 saturated carbocycles. The molecule has 3 heteroatoms. The third-order valence-electron chi connectivity index (χ3n) is 2.58. The normalized spacial score (nSPS) is 10.2. The van der Waals surface area contributed by atoms with E-state index in [-0.39, 0.29) is 5.75 Å². The van der Waals surface area contributed by atoms with Crippen LogP contribution in [0, 0.1) is 0 Å². The average molecular weight is 215 g/mol. The van der Waals surface area contributed by atoms with Crippen LogP contribution in [0.4, 0.5) is 0 Å². The molecule has 0 radical (unpaired) electrons. The van der Waals surface area contributed by atoms with Crippen molar-refractivity contribution in [3.63, 3.8) is 0 Å². The summed E-state index contributed by atoms with van der Waals surface area (Å²) in [4.78, 5) is 10.2. The molecule has 0 spiro atoms. The molecule has 0 aliphatic carbocycles. The molecule has 0 bridgehead atoms. The molecule has 3 nitrogen and oxygen atoms in total. The lowest BCUT2D eigenvalue weighted by Crippen LogP contribution is -2.14. The first kappa shape index (κ1) is 10.5. The van der Waals surface area contributed by atoms with Crippen molar-refractivity contribution in [2.75, 3.05) is 6.54 Å². The second kappa shape index (κ2) is 4.66. The lowest BCUT2D eigenvalue weighted by Gasteiger charge is -2.06. The number of amides is 1. The summed E-state index contributed by atoms with van der Waals surface area (Å²) >= 11 is 0. The zero-order valence-corrected chi connectivity index (χ0v) is 8.81. The second-order valence-corrected chi connectivity index (χ2v) is 3.64. The third kappa shape index (κ3) is 2.14. The number of fused-ring (bicyclic) bond motifs is 1. The van der Waals surface area contributed by atoms with E-state index in [0.717, 1.165) is 22.8 Å². The van der Waals surface area contributed by atoms with Crippen molar-refractivity contribution in [3.8, 4) is 5.75 Å². The van der Waals surface area contributed by atoms with Gasteiger partial charge in [0.1, 0.15) is 5.75 Å². The Labute approximate surface area is 93.7 Å². The first-order valence-corrected chi connectivity index (χ1v) is 5.19. The molecule has 2 aromatic carbocycles. The molecular formula is C13H13NO2. The van der Waals surface area contributed by atoms with E-state index in [9.17, 15) is 9.90 Å². The summed E-state index contributed by atoms with van der Waals surface area (Å²) in [5.41, 5.74) is 1.13. The zero-order chi connectivity index (χ0) is 11.4. The summed E-state index contributed by atoms with van der Waals surface area (Å²) in [6.07, 6.45) is 1.46. The quantitative estimate of drug-likeness (QED) is 0.604. The molecule has 0 aliphatic rings. The molecule has 2 aromatic rings. The molecular weight excluding hydrogens is 202 g/mol. The van der Waals surface area contributed by atoms with Crippen molar-refractivity contribution in [3.05, 3.63) is 42.0 Å². The smallest absolute Gasteiger partial charge is 0.207 e. The number of phenols is 1. The van der Waals surface area contributed by atoms with Gasteiger partial charge in [-0.25, -0.2) is 0 Å². The van der Waals surface area contributed by atoms with E-state index < -0.39 is 0 Å². The monoisotopic (exact) mass is 215 g/mol. The van der Waals surface area contributed by atoms with Gasteiger partial charge in [0.25, 0.3) is 0 Å². The van der Waals surface area contributed by atoms with Gasteiger partial charge in [0, 0.05) is 6.54 Å². The van der Waals surface area contributed by atoms with E-state index in [1.807, 2.05) is 24.3 Å². The summed E-state index contributed by atoms with van der Waals surface area (Å²) in [6, 6.07) is 11.3. The topological polar surface area (TPSA) is 49.3 Å². The van der Waals surface area contributed by atoms with Gasteiger partial charge in [0.15, 0.2) is 0 Å². The van der Waals surface area contributed by atoms with E-state index in [0.29, 0.717) is 13.0 Å². The van der Waals surface area contributed by atoms with Crippen LogP contribution in [0.15, 0.2) is 36.4 Å². The van der Waals surface area contributed by atoms with Crippen LogP contribution in [0.1, 0.15) is 5.56 Å². The fourth-order valence-corrected chi connectivity index (χ4v) is 1.81. The number of rotatable bonds is 4. The number of aromatic hydroxyl groups is 1. The van der Waals surface area contributed by atoms with Crippen LogP contribution in [-0.2, 0) is 11.2 Å². The lowest BCUT2D eigenvalue weighted by molar-refractivity contribution is -0.109. The van der Waals surface area contributed by atoms with Crippen molar-refractivity contribution in [1.29, 1.82) is 0 Å². The van der Waals surface area contributed by atoms with Gasteiger partial charge in [-0.05, 0) is 34.9 Å². The van der Waals surface area contributed by atoms with Crippen molar-refractivity contribution in [2.45, 2.75) is 6.42 Å². The molecule has 1 amide bonds. The number of hydrogen-bond donors (Lipinski definition) is 2. The van der Waals surface area contributed by atoms with E-state index in [1.165, 1.54) is 0 Å². The fraction of sp³-hybridized carbons (Fsp3) is 0.154. The zero-order valence-electron chi connectivity index (χ0n) is 8.81. The number of phenolic OH excluding ortho intramolecular Hbond substituents is 1. The van der Waals surface area contributed by atoms with Crippen LogP contribution < -0.4 is 5.32 Å². The minimum atomic E-state index is 0.267. The highest BCUT2D eigenvalue weighted by atomic mass is 16.3. The molecule has 0 atom stereocenters. The van der Waals surface area contributed by atoms with Gasteiger partial charge in [-0.1, -0.05) is 24.3 Å². The van der Waals surface area contributed by atoms with E-state index >= 15 is 0 Å². The molecule has 0 saturated heterocycles. The molecule has 0 fully saturated rings. The maximum absolute atomic E-state index is 10.2. The second-order valence-electron chi connectivity index (χ2n) is 3.64. The van der Waals surface area contributed by atoms with Crippen LogP contribution in [0.2, 0.25) is 0 Å². The van der Waals surface area contributed by atoms with Gasteiger partial charge in [-0.15, -0.1) is 0 Å². The number of nitrogens with one attached hydrogen (secondary N) is 1. The molecule has 0 heterocycles. The molecule has 0 unspecified atom stereocenters. The van der Waals surface area contributed by atoms with Gasteiger partial charge in [0.05, 0.1) is 0 Å². The number of hydrogen-bond acceptors (Lipinski definition) is 2. The van der Waals surface area contributed by atoms with Crippen LogP contribution >= 0.6 is 0 Å². The maximum atomic E-state index is 10.2. The number of carbonyl (C=O) groups excluding carboxylic acids is 1. The lowest BCUT2D eigenvalue weighted by atomic mass is 10.0. The number of benzene rings is 2. The van der Waals surface area contributed by atoms with Crippen molar-refractivity contribution in [2.24, 2.45) is 0 Å². The summed E-state index contributed by atoms with van der Waals surface area (Å²) in [7, 11) is 0. The third-order valence-corrected chi connectivity index (χ3v) is 2.58. The number of carbonyl (C=O) groups is 1. The Morgan fingerprint density at radius 3 is 2.94 bits per heavy atom. The highest BCUT2D eigenvalue weighted by Gasteiger charge is 2.01. The van der Waals surface area contributed by atoms with Gasteiger partial charge in [-0.3, -0.25) is 4.79 Å². The molecule has 16 heavy (non-hydrogen) atoms. The Kier molecular flexibility index (Phi) is 3.05. The van der Waals surface area contributed by atoms with Crippen LogP contribution in [0.25, 0.3) is 10.8 Å². The Morgan fingerprint density at radius 1 is 1.25 bits per heavy atom. The first-order valence-electron chi connectivity index (χ1n) is 5.19. The first-order chi connectivity index (χ1) is 7.81. The Morgan fingerprint density at radius 2 is 2.12 bits per heavy atom. The van der Waals surface area contributed by atoms with Gasteiger partial charge in [-0.2, -0.15) is 0 Å². The van der Waals surface area contributed by atoms with Gasteiger partial charge < -0.3 is 10.4 Å². The van der Waals surface area contributed by atoms with Gasteiger partial charge >= 0.3 is 0 Å². The summed E-state index contributed by atoms with van der Waals surface area (Å²) in [5, 5.41) is 14.2. The Balaban J connectivity index is 2.36. The predicted molar refractivity (Wildman–Crippen MR) is 63.4 cm³/mol. The highest BCUT2D eigenvalue weighted by Crippen LogP contribution is 2.23. The highest BCUT2D eigenvalue weighted by molar-refractivity contribution is 5.87. The molecule has 82 valence electrons. The van der Waals surface area contributed by atoms with Crippen molar-refractivity contribution >= 4 is 17.2 Å². The molecule has 2 N–H and O–H groups in total. The van der Waals surface area contributed by atoms with Crippen LogP contribution in [0.5, 0.6) is 5.75 Å². The summed E-state index contributed by atoms with van der Waals surface area (Å²) in [5.74, 6) is 0.267. The maximum Gasteiger partial charge on any atom is 0.207 e. The SMILES string of the molecule is O=CNCCc1cccc2ccc(O)cc12. The standard InChI is InChI=1S/C13H13NO2/c15-9-14-7-6-11-3-1-2-10-4-5-12(16)8-13(10)11/h1-5,8-9,16H,6-7H2,(H,14,15). The summed E-state index contributed by atoms with van der Waals surface area (Å²) < 4.78 is 0. The molecule has 2 rings (SSSR count).